The standard InChI is InChI=1S/C14H8F5NO2S/c15-9-10(16)12(18)14(13(19)11(9)17)20-23(21,22)7-6-8-4-2-1-3-5-8/h1-7,20H. The second kappa shape index (κ2) is 6.37. The van der Waals surface area contributed by atoms with Gasteiger partial charge in [0.05, 0.1) is 5.41 Å². The van der Waals surface area contributed by atoms with Crippen LogP contribution in [0.2, 0.25) is 0 Å². The summed E-state index contributed by atoms with van der Waals surface area (Å²) in [6, 6.07) is 8.00. The van der Waals surface area contributed by atoms with E-state index in [1.165, 1.54) is 4.72 Å². The largest absolute Gasteiger partial charge is 0.274 e. The Hall–Kier alpha value is -2.42. The van der Waals surface area contributed by atoms with Crippen molar-refractivity contribution in [1.29, 1.82) is 0 Å². The number of hydrogen-bond donors (Lipinski definition) is 1. The maximum Gasteiger partial charge on any atom is 0.255 e. The first-order valence-electron chi connectivity index (χ1n) is 6.00. The van der Waals surface area contributed by atoms with Crippen molar-refractivity contribution in [3.63, 3.8) is 0 Å². The molecule has 0 aliphatic rings. The number of halogens is 5. The Morgan fingerprint density at radius 1 is 0.783 bits per heavy atom. The lowest BCUT2D eigenvalue weighted by Gasteiger charge is -2.09. The fourth-order valence-corrected chi connectivity index (χ4v) is 2.47. The zero-order chi connectivity index (χ0) is 17.2. The quantitative estimate of drug-likeness (QED) is 0.519. The number of rotatable bonds is 4. The van der Waals surface area contributed by atoms with E-state index in [4.69, 9.17) is 0 Å². The average Bonchev–Trinajstić information content (AvgIpc) is 2.54. The Bertz CT molecular complexity index is 837. The summed E-state index contributed by atoms with van der Waals surface area (Å²) in [5, 5.41) is 0.542. The number of sulfonamides is 1. The van der Waals surface area contributed by atoms with E-state index in [2.05, 4.69) is 0 Å². The lowest BCUT2D eigenvalue weighted by molar-refractivity contribution is 0.382. The third kappa shape index (κ3) is 3.67. The van der Waals surface area contributed by atoms with E-state index in [1.807, 2.05) is 0 Å². The number of hydrogen-bond acceptors (Lipinski definition) is 2. The third-order valence-electron chi connectivity index (χ3n) is 2.69. The SMILES string of the molecule is O=S(=O)(C=Cc1ccccc1)Nc1c(F)c(F)c(F)c(F)c1F. The van der Waals surface area contributed by atoms with Crippen LogP contribution in [0.25, 0.3) is 6.08 Å². The van der Waals surface area contributed by atoms with Gasteiger partial charge < -0.3 is 0 Å². The van der Waals surface area contributed by atoms with Crippen molar-refractivity contribution in [2.75, 3.05) is 4.72 Å². The van der Waals surface area contributed by atoms with Crippen LogP contribution in [-0.4, -0.2) is 8.42 Å². The summed E-state index contributed by atoms with van der Waals surface area (Å²) >= 11 is 0. The Labute approximate surface area is 128 Å². The van der Waals surface area contributed by atoms with Gasteiger partial charge in [0.15, 0.2) is 23.3 Å². The molecule has 0 aliphatic carbocycles. The minimum absolute atomic E-state index is 0.454. The maximum atomic E-state index is 13.4. The van der Waals surface area contributed by atoms with Crippen molar-refractivity contribution in [3.05, 3.63) is 70.4 Å². The number of nitrogens with one attached hydrogen (secondary N) is 1. The summed E-state index contributed by atoms with van der Waals surface area (Å²) in [6.45, 7) is 0. The normalized spacial score (nSPS) is 11.9. The average molecular weight is 349 g/mol. The van der Waals surface area contributed by atoms with Crippen molar-refractivity contribution in [1.82, 2.24) is 0 Å². The molecule has 0 spiro atoms. The Balaban J connectivity index is 2.37. The van der Waals surface area contributed by atoms with Gasteiger partial charge in [-0.2, -0.15) is 0 Å². The molecule has 9 heteroatoms. The second-order valence-corrected chi connectivity index (χ2v) is 5.87. The molecule has 0 unspecified atom stereocenters. The lowest BCUT2D eigenvalue weighted by atomic mass is 10.2. The molecule has 0 bridgehead atoms. The fraction of sp³-hybridized carbons (Fsp3) is 0. The minimum atomic E-state index is -4.49. The van der Waals surface area contributed by atoms with Crippen LogP contribution >= 0.6 is 0 Å². The second-order valence-electron chi connectivity index (χ2n) is 4.31. The number of benzene rings is 2. The molecule has 2 aromatic carbocycles. The highest BCUT2D eigenvalue weighted by Crippen LogP contribution is 2.28. The van der Waals surface area contributed by atoms with Crippen LogP contribution in [-0.2, 0) is 10.0 Å². The van der Waals surface area contributed by atoms with Gasteiger partial charge in [-0.1, -0.05) is 30.3 Å². The molecule has 2 aromatic rings. The molecule has 0 heterocycles. The summed E-state index contributed by atoms with van der Waals surface area (Å²) in [6.07, 6.45) is 1.09. The van der Waals surface area contributed by atoms with Gasteiger partial charge in [0.25, 0.3) is 10.0 Å². The maximum absolute atomic E-state index is 13.4. The van der Waals surface area contributed by atoms with E-state index in [0.29, 0.717) is 11.0 Å². The van der Waals surface area contributed by atoms with Crippen LogP contribution in [0.15, 0.2) is 35.7 Å². The molecule has 0 radical (unpaired) electrons. The summed E-state index contributed by atoms with van der Waals surface area (Å²) < 4.78 is 90.5. The van der Waals surface area contributed by atoms with Crippen LogP contribution in [0, 0.1) is 29.1 Å². The van der Waals surface area contributed by atoms with Crippen LogP contribution in [0.4, 0.5) is 27.6 Å². The summed E-state index contributed by atoms with van der Waals surface area (Å²) in [5.74, 6) is -11.4. The van der Waals surface area contributed by atoms with E-state index < -0.39 is 44.8 Å². The highest BCUT2D eigenvalue weighted by Gasteiger charge is 2.27. The molecule has 0 saturated heterocycles. The Morgan fingerprint density at radius 2 is 1.26 bits per heavy atom. The summed E-state index contributed by atoms with van der Waals surface area (Å²) in [5.41, 5.74) is -1.19. The van der Waals surface area contributed by atoms with E-state index in [1.54, 1.807) is 30.3 Å². The van der Waals surface area contributed by atoms with E-state index in [0.717, 1.165) is 6.08 Å². The van der Waals surface area contributed by atoms with Crippen molar-refractivity contribution < 1.29 is 30.4 Å². The summed E-state index contributed by atoms with van der Waals surface area (Å²) in [7, 11) is -4.49. The third-order valence-corrected chi connectivity index (χ3v) is 3.68. The van der Waals surface area contributed by atoms with Crippen LogP contribution < -0.4 is 4.72 Å². The number of anilines is 1. The van der Waals surface area contributed by atoms with Crippen molar-refractivity contribution in [3.8, 4) is 0 Å². The first-order valence-corrected chi connectivity index (χ1v) is 7.55. The zero-order valence-electron chi connectivity index (χ0n) is 11.2. The van der Waals surface area contributed by atoms with E-state index in [9.17, 15) is 30.4 Å². The van der Waals surface area contributed by atoms with Crippen LogP contribution in [0.1, 0.15) is 5.56 Å². The van der Waals surface area contributed by atoms with Gasteiger partial charge in [-0.05, 0) is 11.6 Å². The predicted octanol–water partition coefficient (Wildman–Crippen LogP) is 3.79. The molecular formula is C14H8F5NO2S. The highest BCUT2D eigenvalue weighted by molar-refractivity contribution is 7.95. The smallest absolute Gasteiger partial charge is 0.255 e. The fourth-order valence-electron chi connectivity index (χ4n) is 1.60. The Kier molecular flexibility index (Phi) is 4.69. The zero-order valence-corrected chi connectivity index (χ0v) is 12.0. The van der Waals surface area contributed by atoms with Gasteiger partial charge in [0, 0.05) is 0 Å². The highest BCUT2D eigenvalue weighted by atomic mass is 32.2. The molecule has 3 nitrogen and oxygen atoms in total. The molecule has 0 aliphatic heterocycles. The molecular weight excluding hydrogens is 341 g/mol. The first-order chi connectivity index (χ1) is 10.7. The van der Waals surface area contributed by atoms with Gasteiger partial charge in [0.1, 0.15) is 5.69 Å². The molecule has 2 rings (SSSR count). The van der Waals surface area contributed by atoms with Crippen LogP contribution in [0.3, 0.4) is 0 Å². The van der Waals surface area contributed by atoms with Crippen molar-refractivity contribution in [2.24, 2.45) is 0 Å². The monoisotopic (exact) mass is 349 g/mol. The minimum Gasteiger partial charge on any atom is -0.274 e. The molecule has 0 fully saturated rings. The molecule has 0 aromatic heterocycles. The van der Waals surface area contributed by atoms with E-state index in [-0.39, 0.29) is 0 Å². The molecule has 0 atom stereocenters. The van der Waals surface area contributed by atoms with Gasteiger partial charge in [0.2, 0.25) is 5.82 Å². The van der Waals surface area contributed by atoms with Crippen molar-refractivity contribution in [2.45, 2.75) is 0 Å². The van der Waals surface area contributed by atoms with Gasteiger partial charge in [-0.25, -0.2) is 30.4 Å². The molecule has 0 saturated carbocycles. The summed E-state index contributed by atoms with van der Waals surface area (Å²) in [4.78, 5) is 0. The molecule has 23 heavy (non-hydrogen) atoms. The van der Waals surface area contributed by atoms with Crippen LogP contribution in [0.5, 0.6) is 0 Å². The predicted molar refractivity (Wildman–Crippen MR) is 74.3 cm³/mol. The van der Waals surface area contributed by atoms with Crippen molar-refractivity contribution >= 4 is 21.8 Å². The lowest BCUT2D eigenvalue weighted by Crippen LogP contribution is -2.15. The molecule has 0 amide bonds. The first kappa shape index (κ1) is 16.9. The topological polar surface area (TPSA) is 46.2 Å². The van der Waals surface area contributed by atoms with E-state index >= 15 is 0 Å². The van der Waals surface area contributed by atoms with Gasteiger partial charge in [-0.3, -0.25) is 4.72 Å². The van der Waals surface area contributed by atoms with Gasteiger partial charge >= 0.3 is 0 Å². The molecule has 122 valence electrons. The Morgan fingerprint density at radius 3 is 1.78 bits per heavy atom. The van der Waals surface area contributed by atoms with Gasteiger partial charge in [-0.15, -0.1) is 0 Å². The molecule has 1 N–H and O–H groups in total.